The van der Waals surface area contributed by atoms with E-state index in [2.05, 4.69) is 33.0 Å². The first kappa shape index (κ1) is 8.41. The zero-order valence-electron chi connectivity index (χ0n) is 8.72. The molecule has 3 rings (SSSR count). The van der Waals surface area contributed by atoms with Gasteiger partial charge in [-0.1, -0.05) is 12.1 Å². The number of nitrogens with zero attached hydrogens (tertiary/aromatic N) is 4. The molecule has 1 aliphatic carbocycles. The summed E-state index contributed by atoms with van der Waals surface area (Å²) in [5, 5.41) is 8.20. The molecule has 2 aliphatic rings. The van der Waals surface area contributed by atoms with Crippen LogP contribution in [0.4, 0.5) is 0 Å². The monoisotopic (exact) mass is 192 g/mol. The SMILES string of the molecule is CCN1CC2C(C1)C2n1cc(C)nn1. The Morgan fingerprint density at radius 2 is 2.14 bits per heavy atom. The number of rotatable bonds is 2. The fraction of sp³-hybridized carbons (Fsp3) is 0.800. The Balaban J connectivity index is 1.70. The third kappa shape index (κ3) is 1.10. The summed E-state index contributed by atoms with van der Waals surface area (Å²) in [6.07, 6.45) is 2.07. The van der Waals surface area contributed by atoms with Gasteiger partial charge in [0.05, 0.1) is 11.7 Å². The van der Waals surface area contributed by atoms with Crippen molar-refractivity contribution in [3.63, 3.8) is 0 Å². The van der Waals surface area contributed by atoms with Crippen molar-refractivity contribution in [2.75, 3.05) is 19.6 Å². The highest BCUT2D eigenvalue weighted by atomic mass is 15.5. The molecule has 1 aromatic rings. The molecule has 1 saturated heterocycles. The number of fused-ring (bicyclic) bond motifs is 1. The highest BCUT2D eigenvalue weighted by Gasteiger charge is 2.57. The third-order valence-corrected chi connectivity index (χ3v) is 3.60. The van der Waals surface area contributed by atoms with Crippen molar-refractivity contribution in [3.05, 3.63) is 11.9 Å². The van der Waals surface area contributed by atoms with Gasteiger partial charge in [-0.3, -0.25) is 0 Å². The average molecular weight is 192 g/mol. The van der Waals surface area contributed by atoms with Crippen molar-refractivity contribution in [1.82, 2.24) is 19.9 Å². The van der Waals surface area contributed by atoms with Gasteiger partial charge in [0.25, 0.3) is 0 Å². The number of aryl methyl sites for hydroxylation is 1. The summed E-state index contributed by atoms with van der Waals surface area (Å²) in [4.78, 5) is 2.52. The van der Waals surface area contributed by atoms with E-state index in [9.17, 15) is 0 Å². The molecule has 0 aromatic carbocycles. The Morgan fingerprint density at radius 1 is 1.43 bits per heavy atom. The van der Waals surface area contributed by atoms with Gasteiger partial charge in [0.2, 0.25) is 0 Å². The molecule has 4 nitrogen and oxygen atoms in total. The predicted molar refractivity (Wildman–Crippen MR) is 52.9 cm³/mol. The molecule has 76 valence electrons. The van der Waals surface area contributed by atoms with E-state index in [4.69, 9.17) is 0 Å². The minimum atomic E-state index is 0.652. The van der Waals surface area contributed by atoms with E-state index < -0.39 is 0 Å². The van der Waals surface area contributed by atoms with Crippen molar-refractivity contribution < 1.29 is 0 Å². The molecular weight excluding hydrogens is 176 g/mol. The summed E-state index contributed by atoms with van der Waals surface area (Å²) >= 11 is 0. The number of aromatic nitrogens is 3. The van der Waals surface area contributed by atoms with E-state index in [0.717, 1.165) is 17.5 Å². The van der Waals surface area contributed by atoms with Crippen LogP contribution in [0.3, 0.4) is 0 Å². The fourth-order valence-corrected chi connectivity index (χ4v) is 2.74. The molecule has 2 unspecified atom stereocenters. The highest BCUT2D eigenvalue weighted by molar-refractivity contribution is 5.09. The number of hydrogen-bond donors (Lipinski definition) is 0. The number of likely N-dealkylation sites (tertiary alicyclic amines) is 1. The normalized spacial score (nSPS) is 36.0. The molecule has 4 heteroatoms. The predicted octanol–water partition coefficient (Wildman–Crippen LogP) is 0.709. The van der Waals surface area contributed by atoms with Crippen LogP contribution >= 0.6 is 0 Å². The van der Waals surface area contributed by atoms with Crippen LogP contribution in [-0.2, 0) is 0 Å². The third-order valence-electron chi connectivity index (χ3n) is 3.60. The lowest BCUT2D eigenvalue weighted by molar-refractivity contribution is 0.293. The van der Waals surface area contributed by atoms with Crippen molar-refractivity contribution in [2.45, 2.75) is 19.9 Å². The Kier molecular flexibility index (Phi) is 1.68. The van der Waals surface area contributed by atoms with E-state index in [-0.39, 0.29) is 0 Å². The van der Waals surface area contributed by atoms with Crippen LogP contribution in [0.2, 0.25) is 0 Å². The van der Waals surface area contributed by atoms with Crippen LogP contribution in [-0.4, -0.2) is 39.5 Å². The maximum atomic E-state index is 4.16. The summed E-state index contributed by atoms with van der Waals surface area (Å²) in [7, 11) is 0. The first-order chi connectivity index (χ1) is 6.79. The van der Waals surface area contributed by atoms with E-state index >= 15 is 0 Å². The molecule has 0 bridgehead atoms. The van der Waals surface area contributed by atoms with Crippen LogP contribution in [0.15, 0.2) is 6.20 Å². The average Bonchev–Trinajstić information content (AvgIpc) is 2.60. The fourth-order valence-electron chi connectivity index (χ4n) is 2.74. The van der Waals surface area contributed by atoms with Gasteiger partial charge in [0.15, 0.2) is 0 Å². The van der Waals surface area contributed by atoms with Crippen LogP contribution in [0, 0.1) is 18.8 Å². The van der Waals surface area contributed by atoms with Crippen LogP contribution < -0.4 is 0 Å². The van der Waals surface area contributed by atoms with Crippen LogP contribution in [0.5, 0.6) is 0 Å². The van der Waals surface area contributed by atoms with Gasteiger partial charge < -0.3 is 4.90 Å². The molecule has 0 radical (unpaired) electrons. The molecule has 2 atom stereocenters. The molecule has 1 aliphatic heterocycles. The minimum Gasteiger partial charge on any atom is -0.303 e. The molecule has 14 heavy (non-hydrogen) atoms. The zero-order chi connectivity index (χ0) is 9.71. The number of piperidine rings is 1. The molecule has 0 N–H and O–H groups in total. The molecular formula is C10H16N4. The number of hydrogen-bond acceptors (Lipinski definition) is 3. The van der Waals surface area contributed by atoms with Crippen LogP contribution in [0.1, 0.15) is 18.7 Å². The lowest BCUT2D eigenvalue weighted by Gasteiger charge is -2.16. The molecule has 0 spiro atoms. The molecule has 2 fully saturated rings. The largest absolute Gasteiger partial charge is 0.303 e. The Bertz CT molecular complexity index is 334. The second-order valence-corrected chi connectivity index (χ2v) is 4.51. The van der Waals surface area contributed by atoms with Gasteiger partial charge in [-0.15, -0.1) is 5.10 Å². The zero-order valence-corrected chi connectivity index (χ0v) is 8.72. The Morgan fingerprint density at radius 3 is 2.64 bits per heavy atom. The summed E-state index contributed by atoms with van der Waals surface area (Å²) in [6.45, 7) is 7.94. The molecule has 1 saturated carbocycles. The second-order valence-electron chi connectivity index (χ2n) is 4.51. The van der Waals surface area contributed by atoms with E-state index in [0.29, 0.717) is 6.04 Å². The quantitative estimate of drug-likeness (QED) is 0.692. The van der Waals surface area contributed by atoms with E-state index in [1.165, 1.54) is 19.6 Å². The topological polar surface area (TPSA) is 34.0 Å². The van der Waals surface area contributed by atoms with Gasteiger partial charge in [-0.25, -0.2) is 4.68 Å². The second kappa shape index (κ2) is 2.79. The Labute approximate surface area is 83.9 Å². The molecule has 2 heterocycles. The van der Waals surface area contributed by atoms with Crippen molar-refractivity contribution >= 4 is 0 Å². The lowest BCUT2D eigenvalue weighted by Crippen LogP contribution is -2.24. The Hall–Kier alpha value is -0.900. The van der Waals surface area contributed by atoms with Crippen molar-refractivity contribution in [1.29, 1.82) is 0 Å². The summed E-state index contributed by atoms with van der Waals surface area (Å²) < 4.78 is 2.07. The van der Waals surface area contributed by atoms with Gasteiger partial charge >= 0.3 is 0 Å². The lowest BCUT2D eigenvalue weighted by atomic mass is 10.4. The summed E-state index contributed by atoms with van der Waals surface area (Å²) in [5.74, 6) is 1.69. The standard InChI is InChI=1S/C10H16N4/c1-3-13-5-8-9(6-13)10(8)14-4-7(2)11-12-14/h4,8-10H,3,5-6H2,1-2H3. The summed E-state index contributed by atoms with van der Waals surface area (Å²) in [5.41, 5.74) is 1.03. The van der Waals surface area contributed by atoms with Gasteiger partial charge in [0.1, 0.15) is 0 Å². The summed E-state index contributed by atoms with van der Waals surface area (Å²) in [6, 6.07) is 0.652. The minimum absolute atomic E-state index is 0.652. The van der Waals surface area contributed by atoms with Crippen LogP contribution in [0.25, 0.3) is 0 Å². The van der Waals surface area contributed by atoms with Gasteiger partial charge in [0, 0.05) is 31.1 Å². The molecule has 0 amide bonds. The first-order valence-electron chi connectivity index (χ1n) is 5.40. The van der Waals surface area contributed by atoms with Gasteiger partial charge in [-0.2, -0.15) is 0 Å². The van der Waals surface area contributed by atoms with E-state index in [1.807, 2.05) is 6.92 Å². The van der Waals surface area contributed by atoms with Gasteiger partial charge in [-0.05, 0) is 13.5 Å². The highest BCUT2D eigenvalue weighted by Crippen LogP contribution is 2.54. The first-order valence-corrected chi connectivity index (χ1v) is 5.40. The van der Waals surface area contributed by atoms with E-state index in [1.54, 1.807) is 0 Å². The maximum absolute atomic E-state index is 4.16. The maximum Gasteiger partial charge on any atom is 0.0796 e. The van der Waals surface area contributed by atoms with Crippen molar-refractivity contribution in [2.24, 2.45) is 11.8 Å². The molecule has 1 aromatic heterocycles. The smallest absolute Gasteiger partial charge is 0.0796 e. The van der Waals surface area contributed by atoms with Crippen molar-refractivity contribution in [3.8, 4) is 0 Å².